The number of ether oxygens (including phenoxy) is 5. The van der Waals surface area contributed by atoms with Crippen molar-refractivity contribution < 1.29 is 52.8 Å². The first-order valence-corrected chi connectivity index (χ1v) is 37.0. The third-order valence-electron chi connectivity index (χ3n) is 20.4. The van der Waals surface area contributed by atoms with Crippen molar-refractivity contribution >= 4 is 64.0 Å². The van der Waals surface area contributed by atoms with Gasteiger partial charge in [0.1, 0.15) is 23.0 Å². The third kappa shape index (κ3) is 17.1. The van der Waals surface area contributed by atoms with Crippen molar-refractivity contribution in [2.45, 2.75) is 156 Å². The molecule has 13 heteroatoms. The van der Waals surface area contributed by atoms with Crippen molar-refractivity contribution in [2.24, 2.45) is 23.7 Å². The van der Waals surface area contributed by atoms with E-state index >= 15 is 0 Å². The molecule has 100 heavy (non-hydrogen) atoms. The molecule has 2 aliphatic carbocycles. The van der Waals surface area contributed by atoms with E-state index in [9.17, 15) is 9.59 Å². The summed E-state index contributed by atoms with van der Waals surface area (Å²) in [6.45, 7) is 12.3. The maximum absolute atomic E-state index is 13.7. The van der Waals surface area contributed by atoms with E-state index in [0.29, 0.717) is 66.0 Å². The molecule has 1 saturated carbocycles. The molecule has 6 heterocycles. The second kappa shape index (κ2) is 34.5. The second-order valence-electron chi connectivity index (χ2n) is 27.5. The van der Waals surface area contributed by atoms with Gasteiger partial charge in [0.2, 0.25) is 0 Å². The van der Waals surface area contributed by atoms with Crippen LogP contribution in [0.5, 0.6) is 23.0 Å². The van der Waals surface area contributed by atoms with Crippen LogP contribution in [0.3, 0.4) is 0 Å². The first kappa shape index (κ1) is 71.0. The van der Waals surface area contributed by atoms with Gasteiger partial charge in [-0.15, -0.1) is 22.1 Å². The van der Waals surface area contributed by atoms with E-state index in [1.165, 1.54) is 90.4 Å². The molecule has 5 atom stereocenters. The quantitative estimate of drug-likeness (QED) is 0.0127. The second-order valence-corrected chi connectivity index (χ2v) is 27.5. The summed E-state index contributed by atoms with van der Waals surface area (Å²) in [6.07, 6.45) is 34.7. The van der Waals surface area contributed by atoms with Gasteiger partial charge in [0, 0.05) is 18.8 Å². The standard InChI is InChI=1S/C87H95N5O7.Zn/c1-5-8-11-14-17-20-53-95-68-37-27-60(28-38-68)82-74-45-47-76(88-74)83(61-29-39-69(40-30-61)96-54-21-18-15-12-9-6-2)78-49-51-80(90-78)85(81-52-50-79(91-81)84(77-48-46-75(82)89-77)62-31-41-70(42-32-62)97-55-22-19-16-13-10-7-3)63-33-43-71(44-34-63)99-86(93)59(4)98-87(94)64-25-35-67(36-26-64)92-57-72-65-23-24-66(56-65)73(72)58-92;/h23-52,59,65-66,72-73H,5-22,53-58H2,1-4H3;/q-2;+2/t59-,65-,66+,72-,73+;/m0./s1. The predicted molar refractivity (Wildman–Crippen MR) is 402 cm³/mol. The molecule has 0 amide bonds. The Morgan fingerprint density at radius 2 is 0.760 bits per heavy atom. The number of fused-ring (bicyclic) bond motifs is 13. The van der Waals surface area contributed by atoms with Crippen LogP contribution in [-0.4, -0.2) is 60.9 Å². The van der Waals surface area contributed by atoms with Gasteiger partial charge >= 0.3 is 31.4 Å². The zero-order valence-electron chi connectivity index (χ0n) is 59.0. The van der Waals surface area contributed by atoms with Gasteiger partial charge in [-0.3, -0.25) is 0 Å². The minimum atomic E-state index is -1.17. The number of hydrogen-bond acceptors (Lipinski definition) is 10. The van der Waals surface area contributed by atoms with Crippen molar-refractivity contribution in [2.75, 3.05) is 37.8 Å². The van der Waals surface area contributed by atoms with Crippen LogP contribution in [0.25, 0.3) is 90.9 Å². The number of hydrogen-bond donors (Lipinski definition) is 0. The van der Waals surface area contributed by atoms with Crippen LogP contribution in [0.4, 0.5) is 5.69 Å². The van der Waals surface area contributed by atoms with Gasteiger partial charge in [-0.2, -0.15) is 0 Å². The molecule has 5 aliphatic rings. The van der Waals surface area contributed by atoms with Crippen LogP contribution in [0.15, 0.2) is 158 Å². The number of unbranched alkanes of at least 4 members (excludes halogenated alkanes) is 15. The molecular weight excluding hydrogens is 1290 g/mol. The minimum absolute atomic E-state index is 0. The zero-order valence-corrected chi connectivity index (χ0v) is 61.9. The molecule has 0 spiro atoms. The molecule has 3 aliphatic heterocycles. The molecule has 8 aromatic rings. The van der Waals surface area contributed by atoms with Gasteiger partial charge in [0.15, 0.2) is 6.10 Å². The average molecular weight is 1390 g/mol. The van der Waals surface area contributed by atoms with Crippen molar-refractivity contribution in [3.05, 3.63) is 186 Å². The zero-order chi connectivity index (χ0) is 67.9. The summed E-state index contributed by atoms with van der Waals surface area (Å²) in [6, 6.07) is 48.1. The van der Waals surface area contributed by atoms with Gasteiger partial charge < -0.3 is 38.6 Å². The SMILES string of the molecule is CCCCCCCCOc1ccc(-c2c3nc(c(-c4ccc(OCCCCCCCC)cc4)c4ccc([n-]4)c(-c4ccc(OC(=O)[C@H](C)OC(=O)c5ccc(N6C[C@@H]7[C@H](C6)[C@@H]6C=C[C@H]7C6)cc5)cc4)c4nc(c(-c5ccc(OCCCCCCCC)cc5)c5ccc2[n-]5)C=C4)C=C3)cc1.[Zn+2]. The Morgan fingerprint density at radius 3 is 1.11 bits per heavy atom. The normalized spacial score (nSPS) is 16.5. The van der Waals surface area contributed by atoms with Crippen molar-refractivity contribution in [3.8, 4) is 67.5 Å². The number of carbonyl (C=O) groups excluding carboxylic acids is 2. The van der Waals surface area contributed by atoms with Gasteiger partial charge in [-0.25, -0.2) is 19.6 Å². The number of nitrogens with zero attached hydrogens (tertiary/aromatic N) is 5. The number of benzene rings is 5. The number of rotatable bonds is 33. The van der Waals surface area contributed by atoms with Crippen LogP contribution in [0, 0.1) is 23.7 Å². The third-order valence-corrected chi connectivity index (χ3v) is 20.4. The molecule has 0 unspecified atom stereocenters. The van der Waals surface area contributed by atoms with Crippen LogP contribution >= 0.6 is 0 Å². The first-order chi connectivity index (χ1) is 48.7. The van der Waals surface area contributed by atoms with Gasteiger partial charge in [0.25, 0.3) is 0 Å². The first-order valence-electron chi connectivity index (χ1n) is 37.0. The molecular formula is C87H95N5O7Zn. The summed E-state index contributed by atoms with van der Waals surface area (Å²) in [5.74, 6) is 4.24. The van der Waals surface area contributed by atoms with Gasteiger partial charge in [-0.1, -0.05) is 202 Å². The Labute approximate surface area is 603 Å². The summed E-state index contributed by atoms with van der Waals surface area (Å²) in [5, 5.41) is 0. The minimum Gasteiger partial charge on any atom is -0.657 e. The fourth-order valence-corrected chi connectivity index (χ4v) is 15.0. The molecule has 512 valence electrons. The summed E-state index contributed by atoms with van der Waals surface area (Å²) >= 11 is 0. The van der Waals surface area contributed by atoms with E-state index in [2.05, 4.69) is 123 Å². The molecule has 0 radical (unpaired) electrons. The van der Waals surface area contributed by atoms with Crippen LogP contribution in [0.1, 0.15) is 183 Å². The number of anilines is 1. The number of carbonyl (C=O) groups is 2. The number of aromatic nitrogens is 4. The van der Waals surface area contributed by atoms with E-state index < -0.39 is 18.0 Å². The summed E-state index contributed by atoms with van der Waals surface area (Å²) in [7, 11) is 0. The van der Waals surface area contributed by atoms with Gasteiger partial charge in [-0.05, 0) is 198 Å². The van der Waals surface area contributed by atoms with Crippen LogP contribution < -0.4 is 33.8 Å². The average Bonchev–Trinajstić information content (AvgIpc) is 1.61. The van der Waals surface area contributed by atoms with Crippen molar-refractivity contribution in [1.82, 2.24) is 19.9 Å². The summed E-state index contributed by atoms with van der Waals surface area (Å²) < 4.78 is 30.6. The molecule has 12 nitrogen and oxygen atoms in total. The fourth-order valence-electron chi connectivity index (χ4n) is 15.0. The van der Waals surface area contributed by atoms with Crippen LogP contribution in [0.2, 0.25) is 0 Å². The Balaban J connectivity index is 0.00000948. The molecule has 5 aromatic carbocycles. The predicted octanol–water partition coefficient (Wildman–Crippen LogP) is 21.2. The Morgan fingerprint density at radius 1 is 0.430 bits per heavy atom. The Kier molecular flexibility index (Phi) is 24.5. The topological polar surface area (TPSA) is 138 Å². The van der Waals surface area contributed by atoms with Crippen molar-refractivity contribution in [3.63, 3.8) is 0 Å². The van der Waals surface area contributed by atoms with E-state index in [1.807, 2.05) is 60.7 Å². The molecule has 13 rings (SSSR count). The molecule has 10 bridgehead atoms. The van der Waals surface area contributed by atoms with Gasteiger partial charge in [0.05, 0.1) is 48.2 Å². The van der Waals surface area contributed by atoms with Crippen LogP contribution in [-0.2, 0) is 29.0 Å². The van der Waals surface area contributed by atoms with E-state index in [1.54, 1.807) is 24.3 Å². The Hall–Kier alpha value is -8.80. The Bertz CT molecular complexity index is 4240. The largest absolute Gasteiger partial charge is 2.00 e. The van der Waals surface area contributed by atoms with E-state index in [-0.39, 0.29) is 19.5 Å². The maximum atomic E-state index is 13.7. The molecule has 1 saturated heterocycles. The summed E-state index contributed by atoms with van der Waals surface area (Å²) in [4.78, 5) is 51.9. The summed E-state index contributed by atoms with van der Waals surface area (Å²) in [5.41, 5.74) is 14.3. The number of esters is 2. The van der Waals surface area contributed by atoms with Crippen molar-refractivity contribution in [1.29, 1.82) is 0 Å². The number of allylic oxidation sites excluding steroid dienone is 2. The molecule has 0 N–H and O–H groups in total. The fraction of sp³-hybridized carbons (Fsp3) is 0.379. The molecule has 2 fully saturated rings. The maximum Gasteiger partial charge on any atom is 2.00 e. The molecule has 3 aromatic heterocycles. The monoisotopic (exact) mass is 1390 g/mol. The van der Waals surface area contributed by atoms with E-state index in [0.717, 1.165) is 153 Å². The van der Waals surface area contributed by atoms with E-state index in [4.69, 9.17) is 43.6 Å². The smallest absolute Gasteiger partial charge is 0.657 e.